The second-order valence-corrected chi connectivity index (χ2v) is 2.33. The summed E-state index contributed by atoms with van der Waals surface area (Å²) in [6.07, 6.45) is 0. The minimum atomic E-state index is -1.34. The molecule has 0 aliphatic heterocycles. The Kier molecular flexibility index (Phi) is 2.21. The summed E-state index contributed by atoms with van der Waals surface area (Å²) >= 11 is 0. The van der Waals surface area contributed by atoms with Crippen LogP contribution in [0.4, 0.5) is 17.1 Å². The second kappa shape index (κ2) is 3.32. The molecule has 0 spiro atoms. The van der Waals surface area contributed by atoms with Gasteiger partial charge in [0.1, 0.15) is 0 Å². The lowest BCUT2D eigenvalue weighted by Gasteiger charge is -2.08. The lowest BCUT2D eigenvalue weighted by atomic mass is 10.2. The number of rotatable bonds is 0. The third-order valence-corrected chi connectivity index (χ3v) is 1.59. The zero-order valence-electron chi connectivity index (χ0n) is 6.91. The molecule has 0 N–H and O–H groups in total. The van der Waals surface area contributed by atoms with Crippen molar-refractivity contribution in [3.8, 4) is 17.2 Å². The average molecular weight is 204 g/mol. The summed E-state index contributed by atoms with van der Waals surface area (Å²) in [6, 6.07) is 0. The Labute approximate surface area is 81.7 Å². The predicted octanol–water partition coefficient (Wildman–Crippen LogP) is 0.361. The van der Waals surface area contributed by atoms with Crippen molar-refractivity contribution in [3.63, 3.8) is 0 Å². The molecule has 0 fully saturated rings. The van der Waals surface area contributed by atoms with Gasteiger partial charge in [0.15, 0.2) is 14.9 Å². The molecule has 0 atom stereocenters. The highest BCUT2D eigenvalue weighted by atomic mass is 16.3. The maximum atomic E-state index is 11.1. The number of benzene rings is 1. The maximum absolute atomic E-state index is 11.1. The fraction of sp³-hybridized carbons (Fsp3) is 0. The fourth-order valence-electron chi connectivity index (χ4n) is 0.918. The van der Waals surface area contributed by atoms with Gasteiger partial charge in [-0.2, -0.15) is 0 Å². The van der Waals surface area contributed by atoms with Crippen LogP contribution in [0.2, 0.25) is 0 Å². The van der Waals surface area contributed by atoms with Crippen LogP contribution in [0, 0.1) is 16.2 Å². The number of hydrogen-bond donors (Lipinski definition) is 0. The van der Waals surface area contributed by atoms with Gasteiger partial charge in [-0.05, 0) is 0 Å². The Morgan fingerprint density at radius 2 is 0.800 bits per heavy atom. The molecule has 0 heterocycles. The fourth-order valence-corrected chi connectivity index (χ4v) is 0.918. The summed E-state index contributed by atoms with van der Waals surface area (Å²) < 4.78 is 0. The van der Waals surface area contributed by atoms with Crippen LogP contribution in [0.5, 0.6) is 17.2 Å². The van der Waals surface area contributed by atoms with Crippen LogP contribution in [-0.4, -0.2) is 0 Å². The molecule has 1 aromatic carbocycles. The maximum Gasteiger partial charge on any atom is 0.385 e. The first kappa shape index (κ1) is 9.96. The summed E-state index contributed by atoms with van der Waals surface area (Å²) in [6.45, 7) is 0. The Morgan fingerprint density at radius 1 is 0.600 bits per heavy atom. The van der Waals surface area contributed by atoms with Gasteiger partial charge >= 0.3 is 17.1 Å². The van der Waals surface area contributed by atoms with Crippen LogP contribution in [-0.2, 0) is 0 Å². The molecule has 0 amide bonds. The van der Waals surface area contributed by atoms with Crippen LogP contribution in [0.25, 0.3) is 14.9 Å². The van der Waals surface area contributed by atoms with Gasteiger partial charge in [0.25, 0.3) is 0 Å². The quantitative estimate of drug-likeness (QED) is 0.555. The first-order valence-electron chi connectivity index (χ1n) is 3.38. The van der Waals surface area contributed by atoms with E-state index in [-0.39, 0.29) is 0 Å². The molecule has 1 rings (SSSR count). The lowest BCUT2D eigenvalue weighted by molar-refractivity contribution is -0.286. The van der Waals surface area contributed by atoms with Crippen molar-refractivity contribution < 1.29 is 15.3 Å². The van der Waals surface area contributed by atoms with E-state index in [9.17, 15) is 15.3 Å². The SMILES string of the molecule is N#[N+]c1c([O-])c([N+]#N)c([O-])c([N+]#N)c1[O-]. The van der Waals surface area contributed by atoms with Gasteiger partial charge in [-0.3, -0.25) is 0 Å². The third-order valence-electron chi connectivity index (χ3n) is 1.59. The molecule has 0 unspecified atom stereocenters. The van der Waals surface area contributed by atoms with Crippen molar-refractivity contribution in [2.45, 2.75) is 0 Å². The molecule has 0 radical (unpaired) electrons. The first-order chi connectivity index (χ1) is 7.08. The van der Waals surface area contributed by atoms with Crippen LogP contribution < -0.4 is 15.3 Å². The lowest BCUT2D eigenvalue weighted by Crippen LogP contribution is -2.01. The van der Waals surface area contributed by atoms with E-state index in [4.69, 9.17) is 16.2 Å². The van der Waals surface area contributed by atoms with E-state index in [1.807, 2.05) is 0 Å². The predicted molar refractivity (Wildman–Crippen MR) is 39.0 cm³/mol. The summed E-state index contributed by atoms with van der Waals surface area (Å²) in [4.78, 5) is 6.97. The van der Waals surface area contributed by atoms with Crippen LogP contribution in [0.15, 0.2) is 0 Å². The topological polar surface area (TPSA) is 154 Å². The van der Waals surface area contributed by atoms with Crippen LogP contribution >= 0.6 is 0 Å². The molecular weight excluding hydrogens is 204 g/mol. The number of diazo groups is 3. The molecule has 0 saturated heterocycles. The highest BCUT2D eigenvalue weighted by Gasteiger charge is 2.31. The van der Waals surface area contributed by atoms with Gasteiger partial charge in [0.2, 0.25) is 16.2 Å². The van der Waals surface area contributed by atoms with Gasteiger partial charge in [-0.25, -0.2) is 0 Å². The Hall–Kier alpha value is -3.12. The Balaban J connectivity index is 3.88. The zero-order valence-corrected chi connectivity index (χ0v) is 6.91. The molecule has 0 aromatic heterocycles. The summed E-state index contributed by atoms with van der Waals surface area (Å²) in [5.41, 5.74) is -3.18. The van der Waals surface area contributed by atoms with Crippen molar-refractivity contribution >= 4 is 17.1 Å². The molecule has 15 heavy (non-hydrogen) atoms. The highest BCUT2D eigenvalue weighted by Crippen LogP contribution is 2.52. The van der Waals surface area contributed by atoms with E-state index < -0.39 is 34.3 Å². The molecular formula is C6N6O3. The summed E-state index contributed by atoms with van der Waals surface area (Å²) in [5, 5.41) is 58.2. The molecule has 0 saturated carbocycles. The van der Waals surface area contributed by atoms with Crippen molar-refractivity contribution in [1.82, 2.24) is 0 Å². The number of nitrogens with zero attached hydrogens (tertiary/aromatic N) is 6. The molecule has 0 aliphatic rings. The Bertz CT molecular complexity index is 458. The van der Waals surface area contributed by atoms with Gasteiger partial charge in [0, 0.05) is 0 Å². The summed E-state index contributed by atoms with van der Waals surface area (Å²) in [7, 11) is 0. The van der Waals surface area contributed by atoms with Crippen LogP contribution in [0.1, 0.15) is 0 Å². The first-order valence-corrected chi connectivity index (χ1v) is 3.38. The van der Waals surface area contributed by atoms with Crippen molar-refractivity contribution in [1.29, 1.82) is 16.2 Å². The van der Waals surface area contributed by atoms with E-state index in [0.29, 0.717) is 0 Å². The largest absolute Gasteiger partial charge is 0.862 e. The van der Waals surface area contributed by atoms with Crippen molar-refractivity contribution in [3.05, 3.63) is 14.9 Å². The van der Waals surface area contributed by atoms with E-state index in [1.165, 1.54) is 0 Å². The normalized spacial score (nSPS) is 8.60. The standard InChI is InChI=1S/C6N6O3/c7-10-1-4(13)2(11-8)6(15)3(12-9)5(1)14. The van der Waals surface area contributed by atoms with E-state index >= 15 is 0 Å². The van der Waals surface area contributed by atoms with Gasteiger partial charge in [0.05, 0.1) is 17.2 Å². The van der Waals surface area contributed by atoms with Gasteiger partial charge in [-0.1, -0.05) is 0 Å². The Morgan fingerprint density at radius 3 is 0.933 bits per heavy atom. The second-order valence-electron chi connectivity index (χ2n) is 2.33. The van der Waals surface area contributed by atoms with E-state index in [2.05, 4.69) is 14.9 Å². The van der Waals surface area contributed by atoms with Crippen LogP contribution in [0.3, 0.4) is 0 Å². The molecule has 9 heteroatoms. The molecule has 0 aliphatic carbocycles. The molecule has 0 bridgehead atoms. The highest BCUT2D eigenvalue weighted by molar-refractivity contribution is 5.90. The third kappa shape index (κ3) is 1.19. The average Bonchev–Trinajstić information content (AvgIpc) is 2.19. The zero-order chi connectivity index (χ0) is 11.6. The smallest absolute Gasteiger partial charge is 0.385 e. The monoisotopic (exact) mass is 204 g/mol. The van der Waals surface area contributed by atoms with E-state index in [1.54, 1.807) is 0 Å². The molecule has 9 nitrogen and oxygen atoms in total. The van der Waals surface area contributed by atoms with E-state index in [0.717, 1.165) is 0 Å². The molecule has 72 valence electrons. The summed E-state index contributed by atoms with van der Waals surface area (Å²) in [5.74, 6) is -4.04. The van der Waals surface area contributed by atoms with Gasteiger partial charge < -0.3 is 15.3 Å². The minimum Gasteiger partial charge on any atom is -0.862 e. The van der Waals surface area contributed by atoms with Gasteiger partial charge in [-0.15, -0.1) is 0 Å². The molecule has 1 aromatic rings. The minimum absolute atomic E-state index is 1.06. The van der Waals surface area contributed by atoms with Crippen molar-refractivity contribution in [2.75, 3.05) is 0 Å². The van der Waals surface area contributed by atoms with Crippen molar-refractivity contribution in [2.24, 2.45) is 0 Å². The number of hydrogen-bond acceptors (Lipinski definition) is 6.